The number of aliphatic hydroxyl groups is 1. The van der Waals surface area contributed by atoms with Gasteiger partial charge in [-0.15, -0.1) is 0 Å². The van der Waals surface area contributed by atoms with E-state index in [0.717, 1.165) is 5.56 Å². The number of halogens is 1. The van der Waals surface area contributed by atoms with Gasteiger partial charge >= 0.3 is 0 Å². The van der Waals surface area contributed by atoms with E-state index < -0.39 is 17.5 Å². The van der Waals surface area contributed by atoms with Crippen molar-refractivity contribution in [3.8, 4) is 5.75 Å². The Morgan fingerprint density at radius 3 is 3.00 bits per heavy atom. The van der Waals surface area contributed by atoms with Crippen molar-refractivity contribution in [3.05, 3.63) is 60.2 Å². The zero-order valence-corrected chi connectivity index (χ0v) is 14.1. The first-order valence-corrected chi connectivity index (χ1v) is 8.25. The molecule has 25 heavy (non-hydrogen) atoms. The fraction of sp³-hybridized carbons (Fsp3) is 0.368. The van der Waals surface area contributed by atoms with Gasteiger partial charge in [0, 0.05) is 25.0 Å². The van der Waals surface area contributed by atoms with E-state index in [2.05, 4.69) is 4.98 Å². The van der Waals surface area contributed by atoms with Crippen molar-refractivity contribution in [2.45, 2.75) is 31.5 Å². The van der Waals surface area contributed by atoms with Crippen LogP contribution in [0, 0.1) is 5.82 Å². The van der Waals surface area contributed by atoms with Gasteiger partial charge in [0.2, 0.25) is 5.91 Å². The number of likely N-dealkylation sites (tertiary alicyclic amines) is 1. The highest BCUT2D eigenvalue weighted by Gasteiger charge is 2.40. The predicted octanol–water partition coefficient (Wildman–Crippen LogP) is 2.19. The molecule has 5 nitrogen and oxygen atoms in total. The number of carbonyl (C=O) groups is 1. The summed E-state index contributed by atoms with van der Waals surface area (Å²) >= 11 is 0. The lowest BCUT2D eigenvalue weighted by Crippen LogP contribution is -2.57. The van der Waals surface area contributed by atoms with Crippen molar-refractivity contribution in [2.24, 2.45) is 0 Å². The maximum absolute atomic E-state index is 13.3. The summed E-state index contributed by atoms with van der Waals surface area (Å²) in [6.07, 6.45) is 3.35. The van der Waals surface area contributed by atoms with Gasteiger partial charge in [-0.1, -0.05) is 12.1 Å². The van der Waals surface area contributed by atoms with E-state index in [9.17, 15) is 14.3 Å². The Labute approximate surface area is 146 Å². The largest absolute Gasteiger partial charge is 0.485 e. The van der Waals surface area contributed by atoms with E-state index in [1.165, 1.54) is 12.1 Å². The van der Waals surface area contributed by atoms with Gasteiger partial charge in [-0.05, 0) is 37.1 Å². The predicted molar refractivity (Wildman–Crippen MR) is 90.6 cm³/mol. The maximum atomic E-state index is 13.3. The van der Waals surface area contributed by atoms with Crippen LogP contribution in [0.5, 0.6) is 5.75 Å². The Hall–Kier alpha value is -2.47. The molecular weight excluding hydrogens is 323 g/mol. The number of carbonyl (C=O) groups excluding carboxylic acids is 1. The molecule has 0 saturated carbocycles. The molecule has 1 saturated heterocycles. The van der Waals surface area contributed by atoms with Crippen LogP contribution in [-0.2, 0) is 11.2 Å². The molecular formula is C19H21FN2O3. The number of benzene rings is 1. The third-order valence-corrected chi connectivity index (χ3v) is 4.47. The first-order chi connectivity index (χ1) is 11.9. The smallest absolute Gasteiger partial charge is 0.227 e. The summed E-state index contributed by atoms with van der Waals surface area (Å²) in [6, 6.07) is 9.43. The zero-order valence-electron chi connectivity index (χ0n) is 14.1. The molecule has 2 heterocycles. The Morgan fingerprint density at radius 1 is 1.44 bits per heavy atom. The summed E-state index contributed by atoms with van der Waals surface area (Å²) in [7, 11) is 0. The standard InChI is InChI=1S/C19H21FN2O3/c1-19(24)7-9-22(18(23)10-14-4-3-8-21-12-14)13-17(19)25-16-6-2-5-15(20)11-16/h2-6,8,11-12,17,24H,7,9-10,13H2,1H3/t17-,19-/m0/s1. The Kier molecular flexibility index (Phi) is 4.99. The number of piperidine rings is 1. The van der Waals surface area contributed by atoms with Gasteiger partial charge in [-0.25, -0.2) is 4.39 Å². The van der Waals surface area contributed by atoms with E-state index in [-0.39, 0.29) is 18.9 Å². The van der Waals surface area contributed by atoms with Crippen molar-refractivity contribution in [2.75, 3.05) is 13.1 Å². The molecule has 1 fully saturated rings. The molecule has 6 heteroatoms. The summed E-state index contributed by atoms with van der Waals surface area (Å²) in [6.45, 7) is 2.39. The van der Waals surface area contributed by atoms with E-state index >= 15 is 0 Å². The number of nitrogens with zero attached hydrogens (tertiary/aromatic N) is 2. The number of amides is 1. The summed E-state index contributed by atoms with van der Waals surface area (Å²) in [5.74, 6) is -0.111. The molecule has 0 bridgehead atoms. The molecule has 0 unspecified atom stereocenters. The van der Waals surface area contributed by atoms with Crippen molar-refractivity contribution >= 4 is 5.91 Å². The summed E-state index contributed by atoms with van der Waals surface area (Å²) < 4.78 is 19.1. The molecule has 1 aromatic heterocycles. The van der Waals surface area contributed by atoms with Gasteiger partial charge in [-0.2, -0.15) is 0 Å². The number of pyridine rings is 1. The van der Waals surface area contributed by atoms with Crippen molar-refractivity contribution in [3.63, 3.8) is 0 Å². The number of aromatic nitrogens is 1. The minimum Gasteiger partial charge on any atom is -0.485 e. The second-order valence-electron chi connectivity index (χ2n) is 6.55. The summed E-state index contributed by atoms with van der Waals surface area (Å²) in [5.41, 5.74) is -0.246. The van der Waals surface area contributed by atoms with Crippen molar-refractivity contribution in [1.29, 1.82) is 0 Å². The van der Waals surface area contributed by atoms with E-state index in [1.54, 1.807) is 42.4 Å². The van der Waals surface area contributed by atoms with Crippen LogP contribution in [0.1, 0.15) is 18.9 Å². The van der Waals surface area contributed by atoms with Gasteiger partial charge < -0.3 is 14.7 Å². The molecule has 1 N–H and O–H groups in total. The van der Waals surface area contributed by atoms with E-state index in [1.807, 2.05) is 6.07 Å². The van der Waals surface area contributed by atoms with Crippen molar-refractivity contribution in [1.82, 2.24) is 9.88 Å². The van der Waals surface area contributed by atoms with Gasteiger partial charge in [0.05, 0.1) is 13.0 Å². The molecule has 2 aromatic rings. The lowest BCUT2D eigenvalue weighted by molar-refractivity contribution is -0.142. The summed E-state index contributed by atoms with van der Waals surface area (Å²) in [5, 5.41) is 10.6. The fourth-order valence-corrected chi connectivity index (χ4v) is 2.89. The first-order valence-electron chi connectivity index (χ1n) is 8.25. The number of ether oxygens (including phenoxy) is 1. The van der Waals surface area contributed by atoms with Gasteiger partial charge in [-0.3, -0.25) is 9.78 Å². The molecule has 1 aromatic carbocycles. The average molecular weight is 344 g/mol. The van der Waals surface area contributed by atoms with Gasteiger partial charge in [0.1, 0.15) is 23.3 Å². The van der Waals surface area contributed by atoms with Crippen LogP contribution in [0.4, 0.5) is 4.39 Å². The zero-order chi connectivity index (χ0) is 17.9. The number of hydrogen-bond acceptors (Lipinski definition) is 4. The maximum Gasteiger partial charge on any atom is 0.227 e. The molecule has 1 aliphatic heterocycles. The number of hydrogen-bond donors (Lipinski definition) is 1. The molecule has 3 rings (SSSR count). The van der Waals surface area contributed by atoms with Crippen LogP contribution in [0.25, 0.3) is 0 Å². The van der Waals surface area contributed by atoms with Crippen LogP contribution >= 0.6 is 0 Å². The molecule has 0 spiro atoms. The molecule has 1 aliphatic rings. The van der Waals surface area contributed by atoms with Crippen LogP contribution in [0.15, 0.2) is 48.8 Å². The second-order valence-corrected chi connectivity index (χ2v) is 6.55. The molecule has 0 radical (unpaired) electrons. The highest BCUT2D eigenvalue weighted by atomic mass is 19.1. The third kappa shape index (κ3) is 4.33. The second kappa shape index (κ2) is 7.19. The van der Waals surface area contributed by atoms with E-state index in [4.69, 9.17) is 4.74 Å². The monoisotopic (exact) mass is 344 g/mol. The highest BCUT2D eigenvalue weighted by Crippen LogP contribution is 2.27. The fourth-order valence-electron chi connectivity index (χ4n) is 2.89. The Bertz CT molecular complexity index is 736. The minimum absolute atomic E-state index is 0.0451. The van der Waals surface area contributed by atoms with Crippen LogP contribution in [0.3, 0.4) is 0 Å². The van der Waals surface area contributed by atoms with Gasteiger partial charge in [0.25, 0.3) is 0 Å². The Balaban J connectivity index is 1.68. The SMILES string of the molecule is C[C@]1(O)CCN(C(=O)Cc2cccnc2)C[C@@H]1Oc1cccc(F)c1. The Morgan fingerprint density at radius 2 is 2.28 bits per heavy atom. The van der Waals surface area contributed by atoms with Crippen molar-refractivity contribution < 1.29 is 19.0 Å². The average Bonchev–Trinajstić information content (AvgIpc) is 2.57. The lowest BCUT2D eigenvalue weighted by Gasteiger charge is -2.42. The minimum atomic E-state index is -1.09. The van der Waals surface area contributed by atoms with Crippen LogP contribution < -0.4 is 4.74 Å². The first kappa shape index (κ1) is 17.4. The third-order valence-electron chi connectivity index (χ3n) is 4.47. The topological polar surface area (TPSA) is 62.7 Å². The highest BCUT2D eigenvalue weighted by molar-refractivity contribution is 5.78. The quantitative estimate of drug-likeness (QED) is 0.924. The lowest BCUT2D eigenvalue weighted by atomic mass is 9.90. The summed E-state index contributed by atoms with van der Waals surface area (Å²) in [4.78, 5) is 18.2. The molecule has 132 valence electrons. The number of rotatable bonds is 4. The molecule has 1 amide bonds. The van der Waals surface area contributed by atoms with Gasteiger partial charge in [0.15, 0.2) is 0 Å². The normalized spacial score (nSPS) is 23.3. The molecule has 0 aliphatic carbocycles. The van der Waals surface area contributed by atoms with Crippen LogP contribution in [-0.4, -0.2) is 45.7 Å². The van der Waals surface area contributed by atoms with E-state index in [0.29, 0.717) is 18.7 Å². The van der Waals surface area contributed by atoms with Crippen LogP contribution in [0.2, 0.25) is 0 Å². The molecule has 2 atom stereocenters.